The van der Waals surface area contributed by atoms with E-state index in [9.17, 15) is 19.7 Å². The Labute approximate surface area is 227 Å². The molecule has 4 aromatic rings. The number of nitro groups is 1. The number of aromatic nitrogens is 2. The van der Waals surface area contributed by atoms with Crippen molar-refractivity contribution in [3.63, 3.8) is 0 Å². The highest BCUT2D eigenvalue weighted by atomic mass is 35.5. The first kappa shape index (κ1) is 25.4. The number of benzene rings is 3. The number of H-pyrrole nitrogens is 1. The number of hydrogen-bond acceptors (Lipinski definition) is 5. The Bertz CT molecular complexity index is 1640. The van der Waals surface area contributed by atoms with E-state index in [1.165, 1.54) is 15.8 Å². The van der Waals surface area contributed by atoms with Crippen molar-refractivity contribution < 1.29 is 9.72 Å². The Kier molecular flexibility index (Phi) is 6.64. The zero-order chi connectivity index (χ0) is 27.1. The number of hydrazone groups is 1. The molecule has 1 amide bonds. The molecular formula is C27H21Cl2N5O4. The summed E-state index contributed by atoms with van der Waals surface area (Å²) in [5.74, 6) is -2.36. The number of para-hydroxylation sites is 1. The van der Waals surface area contributed by atoms with E-state index in [-0.39, 0.29) is 16.8 Å². The van der Waals surface area contributed by atoms with Crippen LogP contribution in [-0.4, -0.2) is 26.3 Å². The number of nitro benzene ring substituents is 1. The van der Waals surface area contributed by atoms with Crippen LogP contribution in [0.25, 0.3) is 5.69 Å². The van der Waals surface area contributed by atoms with Crippen molar-refractivity contribution in [3.8, 4) is 5.69 Å². The third-order valence-corrected chi connectivity index (χ3v) is 7.07. The highest BCUT2D eigenvalue weighted by molar-refractivity contribution is 6.31. The minimum Gasteiger partial charge on any atom is -0.295 e. The van der Waals surface area contributed by atoms with E-state index in [0.717, 1.165) is 0 Å². The van der Waals surface area contributed by atoms with Gasteiger partial charge in [0.15, 0.2) is 0 Å². The van der Waals surface area contributed by atoms with Crippen LogP contribution in [0.2, 0.25) is 10.0 Å². The molecule has 0 fully saturated rings. The van der Waals surface area contributed by atoms with Gasteiger partial charge in [-0.1, -0.05) is 41.4 Å². The van der Waals surface area contributed by atoms with Crippen LogP contribution in [-0.2, 0) is 4.79 Å². The summed E-state index contributed by atoms with van der Waals surface area (Å²) < 4.78 is 1.34. The lowest BCUT2D eigenvalue weighted by Gasteiger charge is -2.23. The minimum absolute atomic E-state index is 0.193. The fraction of sp³-hybridized carbons (Fsp3) is 0.148. The van der Waals surface area contributed by atoms with E-state index in [1.807, 2.05) is 0 Å². The average molecular weight is 550 g/mol. The lowest BCUT2D eigenvalue weighted by Crippen LogP contribution is -2.34. The van der Waals surface area contributed by atoms with Gasteiger partial charge in [-0.2, -0.15) is 5.10 Å². The summed E-state index contributed by atoms with van der Waals surface area (Å²) in [6.45, 7) is 3.38. The van der Waals surface area contributed by atoms with Crippen LogP contribution >= 0.6 is 23.2 Å². The molecule has 2 atom stereocenters. The Balaban J connectivity index is 1.70. The van der Waals surface area contributed by atoms with Crippen LogP contribution in [0.3, 0.4) is 0 Å². The Morgan fingerprint density at radius 2 is 1.50 bits per heavy atom. The van der Waals surface area contributed by atoms with Gasteiger partial charge >= 0.3 is 0 Å². The second-order valence-electron chi connectivity index (χ2n) is 8.91. The van der Waals surface area contributed by atoms with Gasteiger partial charge in [0.2, 0.25) is 0 Å². The number of aryl methyl sites for hydroxylation is 1. The molecule has 11 heteroatoms. The summed E-state index contributed by atoms with van der Waals surface area (Å²) in [7, 11) is 0. The summed E-state index contributed by atoms with van der Waals surface area (Å²) in [4.78, 5) is 39.3. The minimum atomic E-state index is -0.984. The molecular weight excluding hydrogens is 529 g/mol. The van der Waals surface area contributed by atoms with Gasteiger partial charge in [0.1, 0.15) is 0 Å². The first-order chi connectivity index (χ1) is 18.2. The van der Waals surface area contributed by atoms with Crippen LogP contribution in [0.5, 0.6) is 0 Å². The van der Waals surface area contributed by atoms with Crippen LogP contribution in [0.15, 0.2) is 82.7 Å². The number of nitrogens with zero attached hydrogens (tertiary/aromatic N) is 4. The predicted octanol–water partition coefficient (Wildman–Crippen LogP) is 5.86. The lowest BCUT2D eigenvalue weighted by atomic mass is 9.77. The molecule has 3 aromatic carbocycles. The number of nitrogens with one attached hydrogen (secondary N) is 1. The maximum absolute atomic E-state index is 13.9. The van der Waals surface area contributed by atoms with Crippen molar-refractivity contribution >= 4 is 46.2 Å². The first-order valence-corrected chi connectivity index (χ1v) is 12.4. The van der Waals surface area contributed by atoms with Gasteiger partial charge in [-0.3, -0.25) is 24.8 Å². The summed E-state index contributed by atoms with van der Waals surface area (Å²) in [6, 6.07) is 19.4. The normalized spacial score (nSPS) is 16.0. The zero-order valence-corrected chi connectivity index (χ0v) is 21.8. The van der Waals surface area contributed by atoms with E-state index in [1.54, 1.807) is 80.6 Å². The van der Waals surface area contributed by atoms with E-state index in [0.29, 0.717) is 32.8 Å². The van der Waals surface area contributed by atoms with Crippen molar-refractivity contribution in [2.75, 3.05) is 5.01 Å². The van der Waals surface area contributed by atoms with Gasteiger partial charge in [0, 0.05) is 44.6 Å². The highest BCUT2D eigenvalue weighted by Crippen LogP contribution is 2.41. The van der Waals surface area contributed by atoms with Crippen LogP contribution in [0.4, 0.5) is 11.4 Å². The molecule has 0 unspecified atom stereocenters. The molecule has 0 bridgehead atoms. The second kappa shape index (κ2) is 9.92. The fourth-order valence-electron chi connectivity index (χ4n) is 4.85. The third-order valence-electron chi connectivity index (χ3n) is 6.57. The molecule has 1 N–H and O–H groups in total. The monoisotopic (exact) mass is 549 g/mol. The molecule has 192 valence electrons. The van der Waals surface area contributed by atoms with Crippen LogP contribution in [0.1, 0.15) is 29.7 Å². The maximum Gasteiger partial charge on any atom is 0.275 e. The van der Waals surface area contributed by atoms with E-state index in [4.69, 9.17) is 23.2 Å². The van der Waals surface area contributed by atoms with Gasteiger partial charge in [-0.05, 0) is 62.4 Å². The van der Waals surface area contributed by atoms with E-state index < -0.39 is 28.2 Å². The Morgan fingerprint density at radius 1 is 0.921 bits per heavy atom. The van der Waals surface area contributed by atoms with Gasteiger partial charge in [-0.15, -0.1) is 0 Å². The summed E-state index contributed by atoms with van der Waals surface area (Å²) in [6.07, 6.45) is 0. The fourth-order valence-corrected chi connectivity index (χ4v) is 5.10. The number of carbonyl (C=O) groups is 1. The van der Waals surface area contributed by atoms with E-state index >= 15 is 0 Å². The smallest absolute Gasteiger partial charge is 0.275 e. The summed E-state index contributed by atoms with van der Waals surface area (Å²) in [5.41, 5.74) is 1.77. The molecule has 9 nitrogen and oxygen atoms in total. The number of hydrogen-bond donors (Lipinski definition) is 1. The second-order valence-corrected chi connectivity index (χ2v) is 9.78. The van der Waals surface area contributed by atoms with Crippen molar-refractivity contribution in [2.45, 2.75) is 19.8 Å². The predicted molar refractivity (Wildman–Crippen MR) is 147 cm³/mol. The van der Waals surface area contributed by atoms with Gasteiger partial charge in [0.05, 0.1) is 22.2 Å². The molecule has 0 aliphatic carbocycles. The van der Waals surface area contributed by atoms with Crippen molar-refractivity contribution in [1.82, 2.24) is 9.78 Å². The Hall–Kier alpha value is -4.21. The number of carbonyl (C=O) groups excluding carboxylic acids is 1. The highest BCUT2D eigenvalue weighted by Gasteiger charge is 2.45. The molecule has 0 saturated carbocycles. The molecule has 0 spiro atoms. The molecule has 1 aliphatic rings. The molecule has 0 saturated heterocycles. The van der Waals surface area contributed by atoms with Crippen LogP contribution in [0, 0.1) is 23.0 Å². The standard InChI is InChI=1S/C27H21Cl2N5O4/c1-15-23(26(35)32(30-15)19-11-7-17(28)8-12-19)25(21-5-3-4-6-22(21)34(37)38)24-16(2)31-33(27(24)36)20-13-9-18(29)10-14-20/h3-14,23,25,31H,1-2H3/t23-,25+/m1/s1. The summed E-state index contributed by atoms with van der Waals surface area (Å²) in [5, 5.41) is 21.8. The zero-order valence-electron chi connectivity index (χ0n) is 20.3. The molecule has 38 heavy (non-hydrogen) atoms. The van der Waals surface area contributed by atoms with Crippen molar-refractivity contribution in [3.05, 3.63) is 120 Å². The van der Waals surface area contributed by atoms with Gasteiger partial charge in [0.25, 0.3) is 17.2 Å². The summed E-state index contributed by atoms with van der Waals surface area (Å²) >= 11 is 12.0. The molecule has 2 heterocycles. The first-order valence-electron chi connectivity index (χ1n) is 11.6. The molecule has 1 aromatic heterocycles. The topological polar surface area (TPSA) is 114 Å². The van der Waals surface area contributed by atoms with Crippen LogP contribution < -0.4 is 10.6 Å². The quantitative estimate of drug-likeness (QED) is 0.239. The SMILES string of the molecule is CC1=NN(c2ccc(Cl)cc2)C(=O)[C@H]1[C@H](c1ccccc1[N+](=O)[O-])c1c(C)[nH]n(-c2ccc(Cl)cc2)c1=O. The number of halogens is 2. The number of anilines is 1. The van der Waals surface area contributed by atoms with Gasteiger partial charge < -0.3 is 0 Å². The molecule has 5 rings (SSSR count). The van der Waals surface area contributed by atoms with Crippen molar-refractivity contribution in [2.24, 2.45) is 11.0 Å². The third kappa shape index (κ3) is 4.40. The molecule has 0 radical (unpaired) electrons. The number of aromatic amines is 1. The Morgan fingerprint density at radius 3 is 2.11 bits per heavy atom. The lowest BCUT2D eigenvalue weighted by molar-refractivity contribution is -0.385. The average Bonchev–Trinajstić information content (AvgIpc) is 3.36. The maximum atomic E-state index is 13.9. The number of rotatable bonds is 6. The van der Waals surface area contributed by atoms with Crippen molar-refractivity contribution in [1.29, 1.82) is 0 Å². The van der Waals surface area contributed by atoms with E-state index in [2.05, 4.69) is 10.2 Å². The van der Waals surface area contributed by atoms with Gasteiger partial charge in [-0.25, -0.2) is 9.69 Å². The molecule has 1 aliphatic heterocycles. The number of amides is 1. The largest absolute Gasteiger partial charge is 0.295 e.